The molecule has 2 aromatic rings. The summed E-state index contributed by atoms with van der Waals surface area (Å²) in [5.74, 6) is 0.854. The molecule has 0 amide bonds. The van der Waals surface area contributed by atoms with Gasteiger partial charge in [0.05, 0.1) is 6.10 Å². The minimum absolute atomic E-state index is 0.0919. The Kier molecular flexibility index (Phi) is 4.32. The molecule has 2 unspecified atom stereocenters. The molecule has 0 bridgehead atoms. The molecule has 4 heteroatoms. The van der Waals surface area contributed by atoms with Gasteiger partial charge in [-0.2, -0.15) is 0 Å². The van der Waals surface area contributed by atoms with Gasteiger partial charge in [0.15, 0.2) is 5.72 Å². The number of aliphatic hydroxyl groups is 1. The molecule has 24 heavy (non-hydrogen) atoms. The van der Waals surface area contributed by atoms with Gasteiger partial charge in [0.2, 0.25) is 0 Å². The summed E-state index contributed by atoms with van der Waals surface area (Å²) in [7, 11) is 4.18. The molecule has 3 atom stereocenters. The molecule has 130 valence electrons. The average Bonchev–Trinajstić information content (AvgIpc) is 2.43. The van der Waals surface area contributed by atoms with Crippen molar-refractivity contribution in [3.63, 3.8) is 0 Å². The van der Waals surface area contributed by atoms with Gasteiger partial charge < -0.3 is 14.7 Å². The molecule has 2 N–H and O–H groups in total. The van der Waals surface area contributed by atoms with E-state index in [4.69, 9.17) is 4.74 Å². The second-order valence-electron chi connectivity index (χ2n) is 7.88. The Bertz CT molecular complexity index is 733. The van der Waals surface area contributed by atoms with E-state index in [1.807, 2.05) is 24.3 Å². The van der Waals surface area contributed by atoms with Crippen LogP contribution < -0.4 is 10.1 Å². The van der Waals surface area contributed by atoms with Crippen molar-refractivity contribution in [1.29, 1.82) is 0 Å². The molecule has 0 saturated carbocycles. The van der Waals surface area contributed by atoms with E-state index in [2.05, 4.69) is 50.3 Å². The number of nitrogens with one attached hydrogen (secondary N) is 1. The van der Waals surface area contributed by atoms with Crippen molar-refractivity contribution in [2.75, 3.05) is 20.6 Å². The van der Waals surface area contributed by atoms with Gasteiger partial charge in [-0.3, -0.25) is 5.32 Å². The number of nitrogens with zero attached hydrogens (tertiary/aromatic N) is 1. The third-order valence-corrected chi connectivity index (χ3v) is 4.62. The summed E-state index contributed by atoms with van der Waals surface area (Å²) in [6, 6.07) is 12.2. The zero-order valence-corrected chi connectivity index (χ0v) is 15.3. The number of ether oxygens (including phenoxy) is 1. The molecule has 0 aromatic heterocycles. The van der Waals surface area contributed by atoms with Crippen LogP contribution in [0.2, 0.25) is 0 Å². The Morgan fingerprint density at radius 1 is 1.17 bits per heavy atom. The van der Waals surface area contributed by atoms with E-state index in [1.165, 1.54) is 0 Å². The molecule has 0 spiro atoms. The SMILES string of the molecule is C[C@H](O)c1ccc2ccc(OC3(C)CC(C)(CN(C)C)N3)cc2c1. The molecule has 0 radical (unpaired) electrons. The highest BCUT2D eigenvalue weighted by Gasteiger charge is 2.50. The quantitative estimate of drug-likeness (QED) is 0.884. The molecular formula is C20H28N2O2. The fourth-order valence-corrected chi connectivity index (χ4v) is 4.05. The topological polar surface area (TPSA) is 44.7 Å². The number of hydrogen-bond donors (Lipinski definition) is 2. The predicted octanol–water partition coefficient (Wildman–Crippen LogP) is 3.30. The highest BCUT2D eigenvalue weighted by atomic mass is 16.5. The van der Waals surface area contributed by atoms with Gasteiger partial charge in [-0.05, 0) is 69.4 Å². The second-order valence-corrected chi connectivity index (χ2v) is 7.88. The number of benzene rings is 2. The van der Waals surface area contributed by atoms with Crippen molar-refractivity contribution in [1.82, 2.24) is 10.2 Å². The molecule has 1 aliphatic rings. The number of aliphatic hydroxyl groups excluding tert-OH is 1. The van der Waals surface area contributed by atoms with Gasteiger partial charge in [0.25, 0.3) is 0 Å². The Labute approximate surface area is 144 Å². The molecule has 1 saturated heterocycles. The molecule has 1 fully saturated rings. The van der Waals surface area contributed by atoms with Gasteiger partial charge >= 0.3 is 0 Å². The summed E-state index contributed by atoms with van der Waals surface area (Å²) >= 11 is 0. The fourth-order valence-electron chi connectivity index (χ4n) is 4.05. The van der Waals surface area contributed by atoms with Gasteiger partial charge in [-0.1, -0.05) is 18.2 Å². The van der Waals surface area contributed by atoms with E-state index < -0.39 is 6.10 Å². The van der Waals surface area contributed by atoms with E-state index in [-0.39, 0.29) is 11.3 Å². The summed E-state index contributed by atoms with van der Waals surface area (Å²) in [4.78, 5) is 2.19. The monoisotopic (exact) mass is 328 g/mol. The molecule has 2 aromatic carbocycles. The fraction of sp³-hybridized carbons (Fsp3) is 0.500. The Hall–Kier alpha value is -1.62. The Morgan fingerprint density at radius 3 is 2.46 bits per heavy atom. The lowest BCUT2D eigenvalue weighted by atomic mass is 9.80. The highest BCUT2D eigenvalue weighted by molar-refractivity contribution is 5.84. The minimum Gasteiger partial charge on any atom is -0.473 e. The first kappa shape index (κ1) is 17.2. The third kappa shape index (κ3) is 3.56. The summed E-state index contributed by atoms with van der Waals surface area (Å²) in [5.41, 5.74) is 0.681. The largest absolute Gasteiger partial charge is 0.473 e. The van der Waals surface area contributed by atoms with Crippen molar-refractivity contribution in [2.45, 2.75) is 44.6 Å². The number of fused-ring (bicyclic) bond motifs is 1. The van der Waals surface area contributed by atoms with Gasteiger partial charge in [-0.25, -0.2) is 0 Å². The first-order valence-corrected chi connectivity index (χ1v) is 8.53. The van der Waals surface area contributed by atoms with E-state index >= 15 is 0 Å². The summed E-state index contributed by atoms with van der Waals surface area (Å²) in [6.07, 6.45) is 0.501. The number of hydrogen-bond acceptors (Lipinski definition) is 4. The van der Waals surface area contributed by atoms with Crippen molar-refractivity contribution < 1.29 is 9.84 Å². The maximum absolute atomic E-state index is 9.77. The second kappa shape index (κ2) is 6.03. The smallest absolute Gasteiger partial charge is 0.160 e. The van der Waals surface area contributed by atoms with Crippen molar-refractivity contribution in [2.24, 2.45) is 0 Å². The van der Waals surface area contributed by atoms with E-state index in [0.717, 1.165) is 35.1 Å². The molecular weight excluding hydrogens is 300 g/mol. The van der Waals surface area contributed by atoms with Gasteiger partial charge in [-0.15, -0.1) is 0 Å². The van der Waals surface area contributed by atoms with Crippen LogP contribution >= 0.6 is 0 Å². The van der Waals surface area contributed by atoms with Crippen LogP contribution in [0.5, 0.6) is 5.75 Å². The standard InChI is InChI=1S/C20H28N2O2/c1-14(23)16-7-6-15-8-9-18(11-17(15)10-16)24-20(3)12-19(2,21-20)13-22(4)5/h6-11,14,21,23H,12-13H2,1-5H3/t14-,19?,20?/m0/s1. The zero-order valence-electron chi connectivity index (χ0n) is 15.3. The molecule has 0 aliphatic carbocycles. The lowest BCUT2D eigenvalue weighted by Gasteiger charge is -2.54. The van der Waals surface area contributed by atoms with Crippen LogP contribution in [0.3, 0.4) is 0 Å². The van der Waals surface area contributed by atoms with Crippen LogP contribution in [0.25, 0.3) is 10.8 Å². The van der Waals surface area contributed by atoms with Crippen LogP contribution in [0, 0.1) is 0 Å². The molecule has 3 rings (SSSR count). The summed E-state index contributed by atoms with van der Waals surface area (Å²) in [6.45, 7) is 7.10. The summed E-state index contributed by atoms with van der Waals surface area (Å²) in [5, 5.41) is 15.6. The maximum Gasteiger partial charge on any atom is 0.160 e. The zero-order chi connectivity index (χ0) is 17.5. The molecule has 1 heterocycles. The maximum atomic E-state index is 9.77. The first-order chi connectivity index (χ1) is 11.2. The average molecular weight is 328 g/mol. The third-order valence-electron chi connectivity index (χ3n) is 4.62. The lowest BCUT2D eigenvalue weighted by Crippen LogP contribution is -2.74. The van der Waals surface area contributed by atoms with E-state index in [0.29, 0.717) is 0 Å². The van der Waals surface area contributed by atoms with Gasteiger partial charge in [0, 0.05) is 18.5 Å². The highest BCUT2D eigenvalue weighted by Crippen LogP contribution is 2.36. The Balaban J connectivity index is 1.76. The first-order valence-electron chi connectivity index (χ1n) is 8.53. The van der Waals surface area contributed by atoms with E-state index in [9.17, 15) is 5.11 Å². The van der Waals surface area contributed by atoms with Crippen LogP contribution in [0.4, 0.5) is 0 Å². The van der Waals surface area contributed by atoms with Crippen molar-refractivity contribution in [3.05, 3.63) is 42.0 Å². The van der Waals surface area contributed by atoms with Crippen LogP contribution in [0.1, 0.15) is 38.9 Å². The van der Waals surface area contributed by atoms with Crippen LogP contribution in [0.15, 0.2) is 36.4 Å². The lowest BCUT2D eigenvalue weighted by molar-refractivity contribution is -0.0924. The van der Waals surface area contributed by atoms with Gasteiger partial charge in [0.1, 0.15) is 5.75 Å². The molecule has 4 nitrogen and oxygen atoms in total. The molecule has 1 aliphatic heterocycles. The number of rotatable bonds is 5. The normalized spacial score (nSPS) is 28.0. The Morgan fingerprint density at radius 2 is 1.83 bits per heavy atom. The minimum atomic E-state index is -0.462. The van der Waals surface area contributed by atoms with Crippen molar-refractivity contribution in [3.8, 4) is 5.75 Å². The van der Waals surface area contributed by atoms with Crippen molar-refractivity contribution >= 4 is 10.8 Å². The predicted molar refractivity (Wildman–Crippen MR) is 98.3 cm³/mol. The number of likely N-dealkylation sites (N-methyl/N-ethyl adjacent to an activating group) is 1. The van der Waals surface area contributed by atoms with E-state index in [1.54, 1.807) is 6.92 Å². The summed E-state index contributed by atoms with van der Waals surface area (Å²) < 4.78 is 6.23. The van der Waals surface area contributed by atoms with Crippen LogP contribution in [-0.2, 0) is 0 Å². The van der Waals surface area contributed by atoms with Crippen LogP contribution in [-0.4, -0.2) is 41.9 Å².